The minimum absolute atomic E-state index is 0.157. The second kappa shape index (κ2) is 10.3. The second-order valence-electron chi connectivity index (χ2n) is 8.75. The molecule has 2 heterocycles. The van der Waals surface area contributed by atoms with Gasteiger partial charge in [-0.2, -0.15) is 0 Å². The van der Waals surface area contributed by atoms with Gasteiger partial charge in [0.1, 0.15) is 5.75 Å². The fourth-order valence-electron chi connectivity index (χ4n) is 4.56. The summed E-state index contributed by atoms with van der Waals surface area (Å²) in [5, 5.41) is 3.32. The zero-order valence-electron chi connectivity index (χ0n) is 19.7. The highest BCUT2D eigenvalue weighted by molar-refractivity contribution is 6.30. The van der Waals surface area contributed by atoms with E-state index in [1.807, 2.05) is 48.2 Å². The van der Waals surface area contributed by atoms with Crippen LogP contribution in [0.3, 0.4) is 0 Å². The lowest BCUT2D eigenvalue weighted by atomic mass is 9.87. The second-order valence-corrected chi connectivity index (χ2v) is 9.19. The first-order valence-corrected chi connectivity index (χ1v) is 12.1. The molecule has 0 radical (unpaired) electrons. The zero-order chi connectivity index (χ0) is 25.1. The largest absolute Gasteiger partial charge is 0.484 e. The molecule has 0 aliphatic carbocycles. The molecule has 7 heteroatoms. The number of furan rings is 1. The van der Waals surface area contributed by atoms with Crippen molar-refractivity contribution in [2.75, 3.05) is 18.5 Å². The standard InChI is InChI=1S/C29H25ClN2O4/c1-19-5-2-6-21(15-19)28-25-17-24(36-18-27(33)31-23-8-3-7-22(30)16-23)11-10-20(25)12-13-32(28)29(34)26-9-4-14-35-26/h2-11,14-17,28H,12-13,18H2,1H3,(H,31,33). The van der Waals surface area contributed by atoms with E-state index in [2.05, 4.69) is 11.4 Å². The molecule has 4 aromatic rings. The Morgan fingerprint density at radius 2 is 1.92 bits per heavy atom. The fourth-order valence-corrected chi connectivity index (χ4v) is 4.75. The van der Waals surface area contributed by atoms with E-state index in [4.69, 9.17) is 20.8 Å². The van der Waals surface area contributed by atoms with E-state index in [1.165, 1.54) is 6.26 Å². The molecule has 182 valence electrons. The lowest BCUT2D eigenvalue weighted by Crippen LogP contribution is -2.40. The molecule has 1 aromatic heterocycles. The molecule has 1 aliphatic heterocycles. The zero-order valence-corrected chi connectivity index (χ0v) is 20.5. The smallest absolute Gasteiger partial charge is 0.290 e. The van der Waals surface area contributed by atoms with Gasteiger partial charge in [0.15, 0.2) is 12.4 Å². The first-order valence-electron chi connectivity index (χ1n) is 11.7. The number of nitrogens with zero attached hydrogens (tertiary/aromatic N) is 1. The van der Waals surface area contributed by atoms with E-state index < -0.39 is 0 Å². The number of fused-ring (bicyclic) bond motifs is 1. The number of hydrogen-bond acceptors (Lipinski definition) is 4. The third kappa shape index (κ3) is 5.14. The quantitative estimate of drug-likeness (QED) is 0.350. The van der Waals surface area contributed by atoms with E-state index in [-0.39, 0.29) is 24.5 Å². The van der Waals surface area contributed by atoms with Gasteiger partial charge in [-0.15, -0.1) is 0 Å². The predicted octanol–water partition coefficient (Wildman–Crippen LogP) is 6.05. The van der Waals surface area contributed by atoms with Crippen molar-refractivity contribution in [3.05, 3.63) is 118 Å². The molecule has 2 amide bonds. The van der Waals surface area contributed by atoms with E-state index in [1.54, 1.807) is 36.4 Å². The molecule has 6 nitrogen and oxygen atoms in total. The Kier molecular flexibility index (Phi) is 6.78. The van der Waals surface area contributed by atoms with Gasteiger partial charge in [0.2, 0.25) is 0 Å². The highest BCUT2D eigenvalue weighted by Crippen LogP contribution is 2.38. The summed E-state index contributed by atoms with van der Waals surface area (Å²) < 4.78 is 11.3. The van der Waals surface area contributed by atoms with Crippen LogP contribution in [-0.2, 0) is 11.2 Å². The maximum Gasteiger partial charge on any atom is 0.290 e. The molecule has 5 rings (SSSR count). The fraction of sp³-hybridized carbons (Fsp3) is 0.172. The molecule has 1 N–H and O–H groups in total. The summed E-state index contributed by atoms with van der Waals surface area (Å²) in [5.41, 5.74) is 4.83. The van der Waals surface area contributed by atoms with Crippen LogP contribution in [0, 0.1) is 6.92 Å². The highest BCUT2D eigenvalue weighted by atomic mass is 35.5. The number of carbonyl (C=O) groups excluding carboxylic acids is 2. The monoisotopic (exact) mass is 500 g/mol. The summed E-state index contributed by atoms with van der Waals surface area (Å²) in [6.07, 6.45) is 2.22. The third-order valence-electron chi connectivity index (χ3n) is 6.17. The van der Waals surface area contributed by atoms with Crippen LogP contribution in [0.1, 0.15) is 38.9 Å². The van der Waals surface area contributed by atoms with Crippen LogP contribution in [0.5, 0.6) is 5.75 Å². The van der Waals surface area contributed by atoms with Crippen LogP contribution in [0.2, 0.25) is 5.02 Å². The number of nitrogens with one attached hydrogen (secondary N) is 1. The Hall–Kier alpha value is -4.03. The van der Waals surface area contributed by atoms with Gasteiger partial charge in [-0.3, -0.25) is 9.59 Å². The molecule has 1 atom stereocenters. The van der Waals surface area contributed by atoms with E-state index in [9.17, 15) is 9.59 Å². The van der Waals surface area contributed by atoms with Gasteiger partial charge < -0.3 is 19.4 Å². The molecule has 0 fully saturated rings. The number of hydrogen-bond donors (Lipinski definition) is 1. The van der Waals surface area contributed by atoms with Gasteiger partial charge in [0, 0.05) is 17.3 Å². The van der Waals surface area contributed by atoms with Crippen LogP contribution in [-0.4, -0.2) is 29.9 Å². The summed E-state index contributed by atoms with van der Waals surface area (Å²) in [7, 11) is 0. The van der Waals surface area contributed by atoms with Crippen molar-refractivity contribution in [3.8, 4) is 5.75 Å². The SMILES string of the molecule is Cc1cccc(C2c3cc(OCC(=O)Nc4cccc(Cl)c4)ccc3CCN2C(=O)c2ccco2)c1. The number of aryl methyl sites for hydroxylation is 1. The average molecular weight is 501 g/mol. The van der Waals surface area contributed by atoms with Crippen LogP contribution >= 0.6 is 11.6 Å². The molecule has 0 spiro atoms. The maximum atomic E-state index is 13.4. The van der Waals surface area contributed by atoms with Crippen molar-refractivity contribution >= 4 is 29.1 Å². The summed E-state index contributed by atoms with van der Waals surface area (Å²) in [5.74, 6) is 0.408. The van der Waals surface area contributed by atoms with Gasteiger partial charge in [0.25, 0.3) is 11.8 Å². The molecule has 0 saturated carbocycles. The minimum Gasteiger partial charge on any atom is -0.484 e. The number of amides is 2. The Labute approximate surface area is 214 Å². The maximum absolute atomic E-state index is 13.4. The average Bonchev–Trinajstić information content (AvgIpc) is 3.41. The molecule has 1 unspecified atom stereocenters. The molecule has 0 bridgehead atoms. The first-order chi connectivity index (χ1) is 17.5. The van der Waals surface area contributed by atoms with Gasteiger partial charge in [-0.25, -0.2) is 0 Å². The topological polar surface area (TPSA) is 71.8 Å². The van der Waals surface area contributed by atoms with Crippen molar-refractivity contribution < 1.29 is 18.7 Å². The normalized spacial score (nSPS) is 14.7. The third-order valence-corrected chi connectivity index (χ3v) is 6.41. The Morgan fingerprint density at radius 1 is 1.06 bits per heavy atom. The van der Waals surface area contributed by atoms with Crippen molar-refractivity contribution in [2.45, 2.75) is 19.4 Å². The number of ether oxygens (including phenoxy) is 1. The lowest BCUT2D eigenvalue weighted by Gasteiger charge is -2.37. The Bertz CT molecular complexity index is 1400. The summed E-state index contributed by atoms with van der Waals surface area (Å²) >= 11 is 5.99. The van der Waals surface area contributed by atoms with E-state index in [0.717, 1.165) is 22.3 Å². The first kappa shape index (κ1) is 23.7. The van der Waals surface area contributed by atoms with Crippen molar-refractivity contribution in [2.24, 2.45) is 0 Å². The van der Waals surface area contributed by atoms with Gasteiger partial charge in [0.05, 0.1) is 12.3 Å². The van der Waals surface area contributed by atoms with E-state index >= 15 is 0 Å². The molecular formula is C29H25ClN2O4. The summed E-state index contributed by atoms with van der Waals surface area (Å²) in [4.78, 5) is 27.7. The number of anilines is 1. The molecule has 3 aromatic carbocycles. The van der Waals surface area contributed by atoms with Crippen LogP contribution in [0.25, 0.3) is 0 Å². The van der Waals surface area contributed by atoms with Gasteiger partial charge in [-0.05, 0) is 72.5 Å². The summed E-state index contributed by atoms with van der Waals surface area (Å²) in [6, 6.07) is 24.0. The molecule has 36 heavy (non-hydrogen) atoms. The lowest BCUT2D eigenvalue weighted by molar-refractivity contribution is -0.118. The van der Waals surface area contributed by atoms with Gasteiger partial charge >= 0.3 is 0 Å². The number of rotatable bonds is 6. The highest BCUT2D eigenvalue weighted by Gasteiger charge is 2.34. The molecular weight excluding hydrogens is 476 g/mol. The minimum atomic E-state index is -0.310. The van der Waals surface area contributed by atoms with Crippen LogP contribution in [0.4, 0.5) is 5.69 Å². The van der Waals surface area contributed by atoms with Crippen molar-refractivity contribution in [3.63, 3.8) is 0 Å². The Balaban J connectivity index is 1.41. The van der Waals surface area contributed by atoms with Crippen LogP contribution < -0.4 is 10.1 Å². The number of halogens is 1. The van der Waals surface area contributed by atoms with Crippen molar-refractivity contribution in [1.29, 1.82) is 0 Å². The number of benzene rings is 3. The van der Waals surface area contributed by atoms with Crippen molar-refractivity contribution in [1.82, 2.24) is 4.90 Å². The van der Waals surface area contributed by atoms with Crippen LogP contribution in [0.15, 0.2) is 89.5 Å². The van der Waals surface area contributed by atoms with E-state index in [0.29, 0.717) is 35.2 Å². The molecule has 0 saturated heterocycles. The summed E-state index contributed by atoms with van der Waals surface area (Å²) in [6.45, 7) is 2.44. The Morgan fingerprint density at radius 3 is 2.69 bits per heavy atom. The number of carbonyl (C=O) groups is 2. The predicted molar refractivity (Wildman–Crippen MR) is 138 cm³/mol. The molecule has 1 aliphatic rings. The van der Waals surface area contributed by atoms with Gasteiger partial charge in [-0.1, -0.05) is 53.6 Å².